The summed E-state index contributed by atoms with van der Waals surface area (Å²) >= 11 is 0. The fraction of sp³-hybridized carbons (Fsp3) is 0.0769. The van der Waals surface area contributed by atoms with Gasteiger partial charge in [0.1, 0.15) is 5.75 Å². The van der Waals surface area contributed by atoms with Crippen molar-refractivity contribution in [2.75, 3.05) is 6.79 Å². The lowest BCUT2D eigenvalue weighted by Crippen LogP contribution is -2.05. The Morgan fingerprint density at radius 3 is 2.25 bits per heavy atom. The fourth-order valence-electron chi connectivity index (χ4n) is 1.25. The third-order valence-corrected chi connectivity index (χ3v) is 2.03. The molecule has 16 heavy (non-hydrogen) atoms. The summed E-state index contributed by atoms with van der Waals surface area (Å²) in [5, 5.41) is 11.3. The molecule has 3 nitrogen and oxygen atoms in total. The zero-order chi connectivity index (χ0) is 11.2. The molecule has 0 fully saturated rings. The molecular weight excluding hydrogens is 204 g/mol. The van der Waals surface area contributed by atoms with Crippen LogP contribution in [0, 0.1) is 0 Å². The van der Waals surface area contributed by atoms with E-state index in [9.17, 15) is 5.11 Å². The smallest absolute Gasteiger partial charge is 0.231 e. The summed E-state index contributed by atoms with van der Waals surface area (Å²) in [6.45, 7) is 0.0310. The fourth-order valence-corrected chi connectivity index (χ4v) is 1.25. The van der Waals surface area contributed by atoms with Gasteiger partial charge >= 0.3 is 0 Å². The third-order valence-electron chi connectivity index (χ3n) is 2.03. The van der Waals surface area contributed by atoms with Crippen LogP contribution in [-0.4, -0.2) is 6.79 Å². The molecule has 2 aromatic carbocycles. The lowest BCUT2D eigenvalue weighted by molar-refractivity contribution is 0.114. The van der Waals surface area contributed by atoms with Gasteiger partial charge in [-0.2, -0.15) is 0 Å². The molecule has 0 aliphatic heterocycles. The number of hydrogen-bond donors (Lipinski definition) is 0. The van der Waals surface area contributed by atoms with E-state index in [1.165, 1.54) is 6.07 Å². The molecule has 0 amide bonds. The van der Waals surface area contributed by atoms with E-state index in [4.69, 9.17) is 9.47 Å². The van der Waals surface area contributed by atoms with Crippen molar-refractivity contribution in [1.29, 1.82) is 0 Å². The monoisotopic (exact) mass is 215 g/mol. The SMILES string of the molecule is [O]c1ccccc1OCOc1ccccc1. The Morgan fingerprint density at radius 1 is 0.812 bits per heavy atom. The highest BCUT2D eigenvalue weighted by Crippen LogP contribution is 2.25. The van der Waals surface area contributed by atoms with Gasteiger partial charge in [0.2, 0.25) is 12.5 Å². The third kappa shape index (κ3) is 2.67. The van der Waals surface area contributed by atoms with Crippen molar-refractivity contribution < 1.29 is 14.6 Å². The normalized spacial score (nSPS) is 9.75. The Morgan fingerprint density at radius 2 is 1.50 bits per heavy atom. The van der Waals surface area contributed by atoms with Crippen molar-refractivity contribution in [3.05, 3.63) is 54.6 Å². The number of para-hydroxylation sites is 3. The second kappa shape index (κ2) is 5.07. The highest BCUT2D eigenvalue weighted by Gasteiger charge is 2.01. The first-order valence-electron chi connectivity index (χ1n) is 4.93. The van der Waals surface area contributed by atoms with Crippen molar-refractivity contribution in [2.24, 2.45) is 0 Å². The van der Waals surface area contributed by atoms with Crippen LogP contribution in [0.2, 0.25) is 0 Å². The molecule has 0 N–H and O–H groups in total. The second-order valence-electron chi connectivity index (χ2n) is 3.17. The van der Waals surface area contributed by atoms with E-state index >= 15 is 0 Å². The average molecular weight is 215 g/mol. The Balaban J connectivity index is 1.87. The highest BCUT2D eigenvalue weighted by molar-refractivity contribution is 5.37. The molecule has 0 spiro atoms. The van der Waals surface area contributed by atoms with Crippen LogP contribution < -0.4 is 9.47 Å². The predicted octanol–water partition coefficient (Wildman–Crippen LogP) is 3.25. The van der Waals surface area contributed by atoms with Crippen LogP contribution in [0.3, 0.4) is 0 Å². The Labute approximate surface area is 93.9 Å². The van der Waals surface area contributed by atoms with Gasteiger partial charge in [0.25, 0.3) is 0 Å². The van der Waals surface area contributed by atoms with Gasteiger partial charge in [0.05, 0.1) is 0 Å². The quantitative estimate of drug-likeness (QED) is 0.734. The summed E-state index contributed by atoms with van der Waals surface area (Å²) in [5.74, 6) is 0.878. The molecule has 81 valence electrons. The first-order chi connectivity index (χ1) is 7.86. The van der Waals surface area contributed by atoms with Crippen molar-refractivity contribution in [3.63, 3.8) is 0 Å². The molecule has 3 heteroatoms. The highest BCUT2D eigenvalue weighted by atomic mass is 16.7. The minimum absolute atomic E-state index is 0.0310. The van der Waals surface area contributed by atoms with Crippen LogP contribution in [0.5, 0.6) is 17.2 Å². The first kappa shape index (κ1) is 10.4. The van der Waals surface area contributed by atoms with E-state index in [1.807, 2.05) is 30.3 Å². The van der Waals surface area contributed by atoms with Gasteiger partial charge in [-0.25, -0.2) is 0 Å². The number of rotatable bonds is 4. The summed E-state index contributed by atoms with van der Waals surface area (Å²) in [5.41, 5.74) is 0. The van der Waals surface area contributed by atoms with Gasteiger partial charge in [-0.15, -0.1) is 0 Å². The van der Waals surface area contributed by atoms with Crippen LogP contribution in [0.4, 0.5) is 0 Å². The molecule has 1 radical (unpaired) electrons. The molecule has 0 unspecified atom stereocenters. The lowest BCUT2D eigenvalue weighted by Gasteiger charge is -2.08. The predicted molar refractivity (Wildman–Crippen MR) is 59.1 cm³/mol. The molecule has 0 aliphatic rings. The minimum Gasteiger partial charge on any atom is -0.457 e. The van der Waals surface area contributed by atoms with Crippen molar-refractivity contribution in [3.8, 4) is 17.2 Å². The molecule has 0 saturated carbocycles. The summed E-state index contributed by atoms with van der Waals surface area (Å²) in [7, 11) is 0. The van der Waals surface area contributed by atoms with E-state index < -0.39 is 0 Å². The van der Waals surface area contributed by atoms with Crippen molar-refractivity contribution in [1.82, 2.24) is 0 Å². The van der Waals surface area contributed by atoms with E-state index in [0.717, 1.165) is 0 Å². The standard InChI is InChI=1S/C13H11O3/c14-12-8-4-5-9-13(12)16-10-15-11-6-2-1-3-7-11/h1-9H,10H2. The van der Waals surface area contributed by atoms with E-state index in [0.29, 0.717) is 11.5 Å². The Bertz CT molecular complexity index is 440. The molecule has 0 saturated heterocycles. The van der Waals surface area contributed by atoms with Crippen molar-refractivity contribution >= 4 is 0 Å². The van der Waals surface area contributed by atoms with Gasteiger partial charge in [-0.05, 0) is 24.3 Å². The maximum Gasteiger partial charge on any atom is 0.231 e. The lowest BCUT2D eigenvalue weighted by atomic mass is 10.3. The molecule has 0 aliphatic carbocycles. The van der Waals surface area contributed by atoms with Crippen LogP contribution in [0.25, 0.3) is 0 Å². The zero-order valence-corrected chi connectivity index (χ0v) is 8.63. The number of ether oxygens (including phenoxy) is 2. The van der Waals surface area contributed by atoms with Gasteiger partial charge in [0, 0.05) is 0 Å². The number of benzene rings is 2. The van der Waals surface area contributed by atoms with E-state index in [2.05, 4.69) is 0 Å². The largest absolute Gasteiger partial charge is 0.457 e. The summed E-state index contributed by atoms with van der Waals surface area (Å²) in [4.78, 5) is 0. The Kier molecular flexibility index (Phi) is 3.28. The second-order valence-corrected chi connectivity index (χ2v) is 3.17. The van der Waals surface area contributed by atoms with Gasteiger partial charge in [0.15, 0.2) is 5.75 Å². The Hall–Kier alpha value is -2.16. The van der Waals surface area contributed by atoms with E-state index in [1.54, 1.807) is 18.2 Å². The molecule has 0 atom stereocenters. The van der Waals surface area contributed by atoms with Crippen molar-refractivity contribution in [2.45, 2.75) is 0 Å². The average Bonchev–Trinajstić information content (AvgIpc) is 2.33. The molecular formula is C13H11O3. The van der Waals surface area contributed by atoms with Gasteiger partial charge in [-0.3, -0.25) is 5.11 Å². The maximum absolute atomic E-state index is 11.3. The zero-order valence-electron chi connectivity index (χ0n) is 8.63. The minimum atomic E-state index is -0.140. The topological polar surface area (TPSA) is 38.4 Å². The van der Waals surface area contributed by atoms with Gasteiger partial charge in [-0.1, -0.05) is 30.3 Å². The van der Waals surface area contributed by atoms with Crippen LogP contribution >= 0.6 is 0 Å². The molecule has 0 heterocycles. The maximum atomic E-state index is 11.3. The summed E-state index contributed by atoms with van der Waals surface area (Å²) in [6, 6.07) is 15.8. The number of hydrogen-bond acceptors (Lipinski definition) is 2. The van der Waals surface area contributed by atoms with Crippen LogP contribution in [0.15, 0.2) is 54.6 Å². The summed E-state index contributed by atoms with van der Waals surface area (Å²) < 4.78 is 10.5. The first-order valence-corrected chi connectivity index (χ1v) is 4.93. The van der Waals surface area contributed by atoms with Crippen LogP contribution in [-0.2, 0) is 5.11 Å². The molecule has 2 rings (SSSR count). The molecule has 0 aromatic heterocycles. The molecule has 2 aromatic rings. The van der Waals surface area contributed by atoms with Gasteiger partial charge < -0.3 is 9.47 Å². The summed E-state index contributed by atoms with van der Waals surface area (Å²) in [6.07, 6.45) is 0. The van der Waals surface area contributed by atoms with Crippen LogP contribution in [0.1, 0.15) is 0 Å². The van der Waals surface area contributed by atoms with E-state index in [-0.39, 0.29) is 12.5 Å². The molecule has 0 bridgehead atoms.